The van der Waals surface area contributed by atoms with Gasteiger partial charge in [-0.05, 0) is 55.7 Å². The lowest BCUT2D eigenvalue weighted by molar-refractivity contribution is -0.138. The van der Waals surface area contributed by atoms with Gasteiger partial charge in [0.15, 0.2) is 0 Å². The molecule has 0 aliphatic rings. The summed E-state index contributed by atoms with van der Waals surface area (Å²) in [5.41, 5.74) is 2.03. The van der Waals surface area contributed by atoms with Crippen molar-refractivity contribution in [2.75, 3.05) is 5.75 Å². The van der Waals surface area contributed by atoms with Crippen molar-refractivity contribution in [3.05, 3.63) is 69.7 Å². The van der Waals surface area contributed by atoms with Gasteiger partial charge in [0, 0.05) is 28.4 Å². The second kappa shape index (κ2) is 12.2. The van der Waals surface area contributed by atoms with E-state index in [-0.39, 0.29) is 23.6 Å². The molecule has 162 valence electrons. The lowest BCUT2D eigenvalue weighted by atomic mass is 10.1. The van der Waals surface area contributed by atoms with Crippen molar-refractivity contribution in [1.29, 1.82) is 0 Å². The minimum Gasteiger partial charge on any atom is -0.352 e. The van der Waals surface area contributed by atoms with Gasteiger partial charge in [-0.25, -0.2) is 0 Å². The van der Waals surface area contributed by atoms with Gasteiger partial charge in [-0.3, -0.25) is 9.59 Å². The number of carbonyl (C=O) groups excluding carboxylic acids is 2. The van der Waals surface area contributed by atoms with Crippen molar-refractivity contribution in [3.8, 4) is 0 Å². The smallest absolute Gasteiger partial charge is 0.242 e. The molecule has 0 saturated carbocycles. The van der Waals surface area contributed by atoms with Crippen LogP contribution in [0, 0.1) is 0 Å². The van der Waals surface area contributed by atoms with E-state index in [1.807, 2.05) is 50.2 Å². The molecule has 0 aliphatic carbocycles. The van der Waals surface area contributed by atoms with Gasteiger partial charge in [0.05, 0.1) is 5.75 Å². The second-order valence-corrected chi connectivity index (χ2v) is 9.12. The minimum atomic E-state index is -0.571. The number of hydrogen-bond acceptors (Lipinski definition) is 3. The van der Waals surface area contributed by atoms with Crippen molar-refractivity contribution in [3.63, 3.8) is 0 Å². The predicted molar refractivity (Wildman–Crippen MR) is 127 cm³/mol. The molecular weight excluding hydrogens is 439 g/mol. The summed E-state index contributed by atoms with van der Waals surface area (Å²) in [7, 11) is 0. The van der Waals surface area contributed by atoms with Gasteiger partial charge < -0.3 is 10.2 Å². The Kier molecular flexibility index (Phi) is 10.0. The zero-order chi connectivity index (χ0) is 22.1. The van der Waals surface area contributed by atoms with Crippen molar-refractivity contribution in [2.45, 2.75) is 51.6 Å². The Balaban J connectivity index is 2.06. The first-order chi connectivity index (χ1) is 14.3. The topological polar surface area (TPSA) is 49.4 Å². The molecule has 0 bridgehead atoms. The van der Waals surface area contributed by atoms with E-state index in [4.69, 9.17) is 23.2 Å². The van der Waals surface area contributed by atoms with Crippen LogP contribution in [-0.4, -0.2) is 34.6 Å². The monoisotopic (exact) mass is 466 g/mol. The number of halogens is 2. The summed E-state index contributed by atoms with van der Waals surface area (Å²) in [5.74, 6) is 0.771. The molecule has 0 heterocycles. The van der Waals surface area contributed by atoms with Crippen LogP contribution in [0.1, 0.15) is 38.3 Å². The predicted octanol–water partition coefficient (Wildman–Crippen LogP) is 5.56. The first-order valence-electron chi connectivity index (χ1n) is 9.96. The third kappa shape index (κ3) is 7.86. The molecule has 0 fully saturated rings. The van der Waals surface area contributed by atoms with E-state index in [1.165, 1.54) is 11.8 Å². The van der Waals surface area contributed by atoms with Crippen molar-refractivity contribution < 1.29 is 9.59 Å². The van der Waals surface area contributed by atoms with Crippen LogP contribution in [0.5, 0.6) is 0 Å². The molecule has 0 aliphatic heterocycles. The van der Waals surface area contributed by atoms with Crippen LogP contribution in [0.4, 0.5) is 0 Å². The average Bonchev–Trinajstić information content (AvgIpc) is 2.74. The molecule has 4 nitrogen and oxygen atoms in total. The van der Waals surface area contributed by atoms with Crippen LogP contribution >= 0.6 is 35.0 Å². The summed E-state index contributed by atoms with van der Waals surface area (Å²) in [5, 5.41) is 4.30. The minimum absolute atomic E-state index is 0.0618. The van der Waals surface area contributed by atoms with Gasteiger partial charge in [-0.15, -0.1) is 11.8 Å². The van der Waals surface area contributed by atoms with E-state index in [0.717, 1.165) is 17.5 Å². The van der Waals surface area contributed by atoms with Crippen LogP contribution in [0.2, 0.25) is 10.0 Å². The molecular formula is C23H28Cl2N2O2S. The standard InChI is InChI=1S/C23H28Cl2N2O2S/c1-4-16(2)26-23(29)17(3)27(13-18-5-9-20(24)10-6-18)22(28)15-30-14-19-7-11-21(25)12-8-19/h5-12,16-17H,4,13-15H2,1-3H3,(H,26,29)/t16-,17+/m1/s1. The largest absolute Gasteiger partial charge is 0.352 e. The highest BCUT2D eigenvalue weighted by atomic mass is 35.5. The summed E-state index contributed by atoms with van der Waals surface area (Å²) >= 11 is 13.4. The van der Waals surface area contributed by atoms with E-state index in [1.54, 1.807) is 24.0 Å². The normalized spacial score (nSPS) is 12.8. The first kappa shape index (κ1) is 24.6. The van der Waals surface area contributed by atoms with Gasteiger partial charge in [0.1, 0.15) is 6.04 Å². The van der Waals surface area contributed by atoms with E-state index in [9.17, 15) is 9.59 Å². The van der Waals surface area contributed by atoms with E-state index >= 15 is 0 Å². The average molecular weight is 467 g/mol. The van der Waals surface area contributed by atoms with Crippen LogP contribution in [0.25, 0.3) is 0 Å². The van der Waals surface area contributed by atoms with E-state index in [0.29, 0.717) is 22.3 Å². The maximum Gasteiger partial charge on any atom is 0.242 e. The number of nitrogens with one attached hydrogen (secondary N) is 1. The SMILES string of the molecule is CC[C@@H](C)NC(=O)[C@H](C)N(Cc1ccc(Cl)cc1)C(=O)CSCc1ccc(Cl)cc1. The van der Waals surface area contributed by atoms with Gasteiger partial charge >= 0.3 is 0 Å². The summed E-state index contributed by atoms with van der Waals surface area (Å²) in [6, 6.07) is 14.4. The molecule has 2 aromatic carbocycles. The van der Waals surface area contributed by atoms with Crippen LogP contribution < -0.4 is 5.32 Å². The maximum absolute atomic E-state index is 13.0. The van der Waals surface area contributed by atoms with Gasteiger partial charge in [-0.2, -0.15) is 0 Å². The zero-order valence-corrected chi connectivity index (χ0v) is 19.9. The Morgan fingerprint density at radius 2 is 1.50 bits per heavy atom. The summed E-state index contributed by atoms with van der Waals surface area (Å²) in [6.07, 6.45) is 0.834. The molecule has 0 spiro atoms. The lowest BCUT2D eigenvalue weighted by Crippen LogP contribution is -2.50. The Hall–Kier alpha value is -1.69. The maximum atomic E-state index is 13.0. The Morgan fingerprint density at radius 3 is 2.03 bits per heavy atom. The van der Waals surface area contributed by atoms with Crippen molar-refractivity contribution >= 4 is 46.8 Å². The third-order valence-electron chi connectivity index (χ3n) is 4.84. The quantitative estimate of drug-likeness (QED) is 0.498. The van der Waals surface area contributed by atoms with Crippen LogP contribution in [0.3, 0.4) is 0 Å². The molecule has 7 heteroatoms. The highest BCUT2D eigenvalue weighted by Gasteiger charge is 2.26. The highest BCUT2D eigenvalue weighted by molar-refractivity contribution is 7.99. The van der Waals surface area contributed by atoms with Crippen molar-refractivity contribution in [2.24, 2.45) is 0 Å². The van der Waals surface area contributed by atoms with Gasteiger partial charge in [0.2, 0.25) is 11.8 Å². The first-order valence-corrected chi connectivity index (χ1v) is 11.9. The molecule has 0 unspecified atom stereocenters. The summed E-state index contributed by atoms with van der Waals surface area (Å²) in [4.78, 5) is 27.4. The fourth-order valence-corrected chi connectivity index (χ4v) is 3.88. The molecule has 0 radical (unpaired) electrons. The second-order valence-electron chi connectivity index (χ2n) is 7.26. The zero-order valence-electron chi connectivity index (χ0n) is 17.5. The lowest BCUT2D eigenvalue weighted by Gasteiger charge is -2.29. The van der Waals surface area contributed by atoms with E-state index in [2.05, 4.69) is 5.32 Å². The molecule has 2 atom stereocenters. The Labute approximate surface area is 193 Å². The Bertz CT molecular complexity index is 828. The summed E-state index contributed by atoms with van der Waals surface area (Å²) in [6.45, 7) is 6.10. The Morgan fingerprint density at radius 1 is 0.967 bits per heavy atom. The molecule has 1 N–H and O–H groups in total. The molecule has 0 saturated heterocycles. The van der Waals surface area contributed by atoms with Crippen molar-refractivity contribution in [1.82, 2.24) is 10.2 Å². The molecule has 0 aromatic heterocycles. The number of benzene rings is 2. The number of hydrogen-bond donors (Lipinski definition) is 1. The fraction of sp³-hybridized carbons (Fsp3) is 0.391. The molecule has 30 heavy (non-hydrogen) atoms. The number of carbonyl (C=O) groups is 2. The molecule has 2 amide bonds. The number of amides is 2. The van der Waals surface area contributed by atoms with Crippen LogP contribution in [-0.2, 0) is 21.9 Å². The number of thioether (sulfide) groups is 1. The third-order valence-corrected chi connectivity index (χ3v) is 6.33. The van der Waals surface area contributed by atoms with Crippen LogP contribution in [0.15, 0.2) is 48.5 Å². The molecule has 2 aromatic rings. The number of nitrogens with zero attached hydrogens (tertiary/aromatic N) is 1. The fourth-order valence-electron chi connectivity index (χ4n) is 2.75. The summed E-state index contributed by atoms with van der Waals surface area (Å²) < 4.78 is 0. The van der Waals surface area contributed by atoms with Gasteiger partial charge in [0.25, 0.3) is 0 Å². The van der Waals surface area contributed by atoms with E-state index < -0.39 is 6.04 Å². The highest BCUT2D eigenvalue weighted by Crippen LogP contribution is 2.18. The number of rotatable bonds is 10. The van der Waals surface area contributed by atoms with Gasteiger partial charge in [-0.1, -0.05) is 54.4 Å². The molecule has 2 rings (SSSR count).